The van der Waals surface area contributed by atoms with Crippen LogP contribution < -0.4 is 31.2 Å². The van der Waals surface area contributed by atoms with Gasteiger partial charge in [-0.3, -0.25) is 43.9 Å². The molecule has 0 spiro atoms. The van der Waals surface area contributed by atoms with Crippen LogP contribution in [-0.2, 0) is 37.5 Å². The van der Waals surface area contributed by atoms with Gasteiger partial charge < -0.3 is 39.5 Å². The van der Waals surface area contributed by atoms with Crippen LogP contribution in [0.15, 0.2) is 60.9 Å². The van der Waals surface area contributed by atoms with Gasteiger partial charge in [0.05, 0.1) is 34.2 Å². The smallest absolute Gasteiger partial charge is 0.338 e. The van der Waals surface area contributed by atoms with E-state index in [-0.39, 0.29) is 73.5 Å². The summed E-state index contributed by atoms with van der Waals surface area (Å²) < 4.78 is 30.2. The molecule has 24 nitrogen and oxygen atoms in total. The number of aromatic nitrogens is 10. The van der Waals surface area contributed by atoms with Crippen LogP contribution >= 0.6 is 0 Å². The fourth-order valence-corrected chi connectivity index (χ4v) is 9.95. The van der Waals surface area contributed by atoms with Crippen molar-refractivity contribution in [2.45, 2.75) is 91.8 Å². The number of hydrogen-bond acceptors (Lipinski definition) is 13. The topological polar surface area (TPSA) is 287 Å². The molecule has 3 unspecified atom stereocenters. The van der Waals surface area contributed by atoms with E-state index >= 15 is 0 Å². The van der Waals surface area contributed by atoms with Gasteiger partial charge in [-0.25, -0.2) is 19.3 Å². The summed E-state index contributed by atoms with van der Waals surface area (Å²) in [4.78, 5) is 76.3. The SMILES string of the molecule is CCn1nc(C)cc1C(=O)Nc1nc2cc(C(N)=O)cc3c2n1C/C=C/Cn1c(NC(=O)c2cc(C)nn2CC)nc2cc(C(=O)NCCCn4cc(C(=O)O)cn4)cc(c21)OCC(C=[N+]1C2CCC1COC2)CO3. The Morgan fingerprint density at radius 2 is 1.29 bits per heavy atom. The van der Waals surface area contributed by atoms with Crippen LogP contribution in [-0.4, -0.2) is 139 Å². The van der Waals surface area contributed by atoms with E-state index in [0.29, 0.717) is 95.6 Å². The van der Waals surface area contributed by atoms with Gasteiger partial charge in [0.2, 0.25) is 17.8 Å². The number of primary amides is 1. The number of hydrogen-bond donors (Lipinski definition) is 5. The lowest BCUT2D eigenvalue weighted by Gasteiger charge is -2.22. The Morgan fingerprint density at radius 3 is 1.81 bits per heavy atom. The summed E-state index contributed by atoms with van der Waals surface area (Å²) in [5.41, 5.74) is 10.1. The van der Waals surface area contributed by atoms with Crippen LogP contribution in [0.25, 0.3) is 22.1 Å². The van der Waals surface area contributed by atoms with Crippen molar-refractivity contribution in [2.24, 2.45) is 11.7 Å². The van der Waals surface area contributed by atoms with Gasteiger partial charge in [0.25, 0.3) is 17.7 Å². The molecule has 2 aromatic carbocycles. The molecule has 3 aliphatic heterocycles. The summed E-state index contributed by atoms with van der Waals surface area (Å²) in [6.45, 7) is 10.4. The Labute approximate surface area is 429 Å². The number of nitrogens with one attached hydrogen (secondary N) is 3. The minimum atomic E-state index is -1.08. The molecule has 2 fully saturated rings. The maximum absolute atomic E-state index is 14.1. The molecule has 75 heavy (non-hydrogen) atoms. The highest BCUT2D eigenvalue weighted by atomic mass is 16.5. The molecule has 2 saturated heterocycles. The van der Waals surface area contributed by atoms with E-state index in [1.807, 2.05) is 39.8 Å². The first-order chi connectivity index (χ1) is 36.2. The van der Waals surface area contributed by atoms with Crippen LogP contribution in [0.2, 0.25) is 0 Å². The Hall–Kier alpha value is -8.67. The van der Waals surface area contributed by atoms with Crippen LogP contribution in [0.5, 0.6) is 11.5 Å². The molecule has 4 amide bonds. The molecule has 3 atom stereocenters. The number of morpholine rings is 1. The molecule has 8 heterocycles. The highest BCUT2D eigenvalue weighted by molar-refractivity contribution is 6.05. The van der Waals surface area contributed by atoms with Crippen LogP contribution in [0.3, 0.4) is 0 Å². The van der Waals surface area contributed by atoms with Gasteiger partial charge in [0.15, 0.2) is 12.1 Å². The Bertz CT molecular complexity index is 3430. The maximum atomic E-state index is 14.1. The normalized spacial score (nSPS) is 17.9. The number of benzene rings is 2. The second-order valence-electron chi connectivity index (χ2n) is 18.8. The highest BCUT2D eigenvalue weighted by Crippen LogP contribution is 2.35. The molecular weight excluding hydrogens is 967 g/mol. The molecular formula is C51H58N15O9+. The third kappa shape index (κ3) is 10.3. The number of nitrogens with zero attached hydrogens (tertiary/aromatic N) is 11. The fourth-order valence-electron chi connectivity index (χ4n) is 9.95. The number of rotatable bonds is 14. The van der Waals surface area contributed by atoms with Crippen LogP contribution in [0, 0.1) is 19.8 Å². The fraction of sp³-hybridized carbons (Fsp3) is 0.392. The summed E-state index contributed by atoms with van der Waals surface area (Å²) in [5.74, 6) is -2.56. The number of anilines is 2. The van der Waals surface area contributed by atoms with Gasteiger partial charge in [-0.15, -0.1) is 0 Å². The first-order valence-electron chi connectivity index (χ1n) is 25.0. The molecule has 10 rings (SSSR count). The van der Waals surface area contributed by atoms with E-state index < -0.39 is 35.5 Å². The average molecular weight is 1030 g/mol. The van der Waals surface area contributed by atoms with E-state index in [4.69, 9.17) is 29.9 Å². The van der Waals surface area contributed by atoms with Crippen molar-refractivity contribution >= 4 is 69.8 Å². The van der Waals surface area contributed by atoms with Crippen molar-refractivity contribution in [2.75, 3.05) is 43.6 Å². The number of ether oxygens (including phenoxy) is 3. The van der Waals surface area contributed by atoms with E-state index in [2.05, 4.69) is 42.0 Å². The molecule has 6 N–H and O–H groups in total. The zero-order valence-corrected chi connectivity index (χ0v) is 42.0. The van der Waals surface area contributed by atoms with E-state index in [1.165, 1.54) is 17.1 Å². The number of carbonyl (C=O) groups is 5. The molecule has 0 aliphatic carbocycles. The quantitative estimate of drug-likeness (QED) is 0.0584. The van der Waals surface area contributed by atoms with Gasteiger partial charge in [0.1, 0.15) is 72.5 Å². The van der Waals surface area contributed by atoms with Crippen LogP contribution in [0.1, 0.15) is 96.5 Å². The van der Waals surface area contributed by atoms with Crippen molar-refractivity contribution in [1.29, 1.82) is 0 Å². The van der Waals surface area contributed by atoms with Gasteiger partial charge in [0, 0.05) is 69.4 Å². The number of nitrogens with two attached hydrogens (primary N) is 1. The number of aromatic carboxylic acids is 1. The van der Waals surface area contributed by atoms with E-state index in [9.17, 15) is 29.1 Å². The third-order valence-corrected chi connectivity index (χ3v) is 13.5. The zero-order valence-electron chi connectivity index (χ0n) is 42.0. The molecule has 3 aliphatic rings. The molecule has 7 aromatic rings. The predicted octanol–water partition coefficient (Wildman–Crippen LogP) is 4.04. The first kappa shape index (κ1) is 49.9. The monoisotopic (exact) mass is 1020 g/mol. The lowest BCUT2D eigenvalue weighted by atomic mass is 10.1. The minimum absolute atomic E-state index is 0.0423. The van der Waals surface area contributed by atoms with Crippen LogP contribution in [0.4, 0.5) is 11.9 Å². The number of allylic oxidation sites excluding steroid dienone is 2. The highest BCUT2D eigenvalue weighted by Gasteiger charge is 2.42. The molecule has 0 saturated carbocycles. The summed E-state index contributed by atoms with van der Waals surface area (Å²) in [5, 5.41) is 31.3. The Balaban J connectivity index is 1.07. The largest absolute Gasteiger partial charge is 0.490 e. The number of fused-ring (bicyclic) bond motifs is 2. The molecule has 0 radical (unpaired) electrons. The molecule has 390 valence electrons. The summed E-state index contributed by atoms with van der Waals surface area (Å²) >= 11 is 0. The lowest BCUT2D eigenvalue weighted by molar-refractivity contribution is -0.598. The van der Waals surface area contributed by atoms with Gasteiger partial charge in [-0.2, -0.15) is 15.3 Å². The molecule has 24 heteroatoms. The van der Waals surface area contributed by atoms with Crippen molar-refractivity contribution < 1.29 is 47.9 Å². The second-order valence-corrected chi connectivity index (χ2v) is 18.8. The van der Waals surface area contributed by atoms with Crippen molar-refractivity contribution in [3.63, 3.8) is 0 Å². The average Bonchev–Trinajstić information content (AvgIpc) is 4.26. The summed E-state index contributed by atoms with van der Waals surface area (Å²) in [6, 6.07) is 10.1. The molecule has 2 bridgehead atoms. The number of carboxylic acids is 1. The number of carboxylic acid groups (broad SMARTS) is 1. The predicted molar refractivity (Wildman–Crippen MR) is 273 cm³/mol. The number of carbonyl (C=O) groups excluding carboxylic acids is 4. The van der Waals surface area contributed by atoms with Crippen molar-refractivity contribution in [1.82, 2.24) is 53.8 Å². The summed E-state index contributed by atoms with van der Waals surface area (Å²) in [7, 11) is 0. The third-order valence-electron chi connectivity index (χ3n) is 13.5. The van der Waals surface area contributed by atoms with Gasteiger partial charge in [-0.05, 0) is 70.5 Å². The van der Waals surface area contributed by atoms with Gasteiger partial charge >= 0.3 is 5.97 Å². The minimum Gasteiger partial charge on any atom is -0.490 e. The van der Waals surface area contributed by atoms with Crippen molar-refractivity contribution in [3.05, 3.63) is 100 Å². The number of aryl methyl sites for hydroxylation is 5. The number of imidazole rings is 2. The Kier molecular flexibility index (Phi) is 14.0. The van der Waals surface area contributed by atoms with Crippen molar-refractivity contribution in [3.8, 4) is 11.5 Å². The second kappa shape index (κ2) is 21.0. The standard InChI is InChI=1S/C51H57N15O9/c1-5-65-39(16-29(3)59-65)47(69)57-50-55-37-18-32(45(52)67)20-41-43(37)62(50)14-7-8-15-63-44-38(56-51(63)58-48(70)40-17-30(4)60-66(40)6-2)19-33(46(68)53-12-9-13-61-24-34(22-54-61)49(71)72)21-42(44)75-26-31(25-74-41)23-64-35-10-11-36(64)28-73-27-35/h7-8,16-24,31,35-36H,5-6,9-15,25-28H2,1-4H3,(H5-,52,53,55,56,57,58,67,68,69,70,71,72)/p+1/b8-7+,64-23?. The number of amides is 4. The zero-order chi connectivity index (χ0) is 52.5. The lowest BCUT2D eigenvalue weighted by Crippen LogP contribution is -2.41. The first-order valence-corrected chi connectivity index (χ1v) is 25.0. The molecule has 5 aromatic heterocycles. The Morgan fingerprint density at radius 1 is 0.747 bits per heavy atom. The van der Waals surface area contributed by atoms with E-state index in [1.54, 1.807) is 54.9 Å². The summed E-state index contributed by atoms with van der Waals surface area (Å²) in [6.07, 6.45) is 10.9. The maximum Gasteiger partial charge on any atom is 0.338 e. The van der Waals surface area contributed by atoms with Gasteiger partial charge in [-0.1, -0.05) is 12.2 Å². The van der Waals surface area contributed by atoms with E-state index in [0.717, 1.165) is 12.8 Å².